The molecule has 1 fully saturated rings. The number of nitrogens with one attached hydrogen (secondary N) is 2. The van der Waals surface area contributed by atoms with Crippen LogP contribution in [0.5, 0.6) is 11.8 Å². The molecule has 5 heterocycles. The van der Waals surface area contributed by atoms with Crippen LogP contribution in [0.4, 0.5) is 0 Å². The van der Waals surface area contributed by atoms with Gasteiger partial charge < -0.3 is 19.9 Å². The lowest BCUT2D eigenvalue weighted by Crippen LogP contribution is -2.24. The predicted octanol–water partition coefficient (Wildman–Crippen LogP) is 2.31. The summed E-state index contributed by atoms with van der Waals surface area (Å²) in [6.07, 6.45) is 6.01. The first-order valence-corrected chi connectivity index (χ1v) is 11.5. The van der Waals surface area contributed by atoms with Crippen molar-refractivity contribution in [3.8, 4) is 22.9 Å². The van der Waals surface area contributed by atoms with Crippen LogP contribution in [0.25, 0.3) is 34.2 Å². The molecule has 2 aliphatic rings. The molecule has 1 saturated heterocycles. The van der Waals surface area contributed by atoms with Gasteiger partial charge in [-0.25, -0.2) is 9.36 Å². The minimum atomic E-state index is -0.519. The van der Waals surface area contributed by atoms with E-state index in [1.807, 2.05) is 49.1 Å². The first kappa shape index (κ1) is 20.9. The molecule has 4 aromatic rings. The van der Waals surface area contributed by atoms with Crippen molar-refractivity contribution >= 4 is 23.1 Å². The number of aromatic amines is 1. The Morgan fingerprint density at radius 3 is 2.79 bits per heavy atom. The second-order valence-corrected chi connectivity index (χ2v) is 8.78. The second kappa shape index (κ2) is 8.30. The lowest BCUT2D eigenvalue weighted by atomic mass is 10.1. The molecule has 0 aliphatic carbocycles. The highest BCUT2D eigenvalue weighted by Crippen LogP contribution is 2.34. The Hall–Kier alpha value is -3.63. The summed E-state index contributed by atoms with van der Waals surface area (Å²) in [6, 6.07) is 5.96. The molecule has 3 aromatic heterocycles. The van der Waals surface area contributed by atoms with E-state index in [1.54, 1.807) is 4.68 Å². The molecule has 2 bridgehead atoms. The van der Waals surface area contributed by atoms with Crippen LogP contribution in [0.15, 0.2) is 24.4 Å². The third kappa shape index (κ3) is 3.46. The van der Waals surface area contributed by atoms with Crippen molar-refractivity contribution < 1.29 is 14.6 Å². The number of aryl methyl sites for hydroxylation is 2. The predicted molar refractivity (Wildman–Crippen MR) is 128 cm³/mol. The number of hydrogen-bond donors (Lipinski definition) is 3. The largest absolute Gasteiger partial charge is 0.477 e. The van der Waals surface area contributed by atoms with E-state index in [2.05, 4.69) is 26.7 Å². The maximum atomic E-state index is 10.5. The first-order chi connectivity index (χ1) is 16.6. The molecule has 3 N–H and O–H groups in total. The number of benzene rings is 1. The lowest BCUT2D eigenvalue weighted by molar-refractivity contribution is 0.134. The third-order valence-corrected chi connectivity index (χ3v) is 6.51. The van der Waals surface area contributed by atoms with E-state index in [1.165, 1.54) is 0 Å². The smallest absolute Gasteiger partial charge is 0.219 e. The maximum Gasteiger partial charge on any atom is 0.219 e. The van der Waals surface area contributed by atoms with Gasteiger partial charge in [0.15, 0.2) is 0 Å². The van der Waals surface area contributed by atoms with Crippen LogP contribution in [0.1, 0.15) is 29.4 Å². The number of aromatic nitrogens is 6. The summed E-state index contributed by atoms with van der Waals surface area (Å²) in [5.74, 6) is 1.37. The normalized spacial score (nSPS) is 21.4. The van der Waals surface area contributed by atoms with Gasteiger partial charge in [0.1, 0.15) is 0 Å². The van der Waals surface area contributed by atoms with E-state index in [9.17, 15) is 5.11 Å². The van der Waals surface area contributed by atoms with Crippen molar-refractivity contribution in [2.45, 2.75) is 25.5 Å². The quantitative estimate of drug-likeness (QED) is 0.398. The van der Waals surface area contributed by atoms with Crippen molar-refractivity contribution in [3.05, 3.63) is 41.3 Å². The van der Waals surface area contributed by atoms with Gasteiger partial charge in [-0.3, -0.25) is 5.10 Å². The van der Waals surface area contributed by atoms with Gasteiger partial charge in [-0.2, -0.15) is 15.3 Å². The van der Waals surface area contributed by atoms with Crippen LogP contribution in [0, 0.1) is 6.92 Å². The SMILES string of the molecule is Cc1nn([C@H]2CNC[C@@H]2O)c2c1/C=C/c1[nH]nc3ccc(cc13)-c1cnn(C)c1OCCCO2. The minimum absolute atomic E-state index is 0.179. The van der Waals surface area contributed by atoms with Gasteiger partial charge in [-0.15, -0.1) is 0 Å². The van der Waals surface area contributed by atoms with Gasteiger partial charge in [0, 0.05) is 31.9 Å². The Morgan fingerprint density at radius 2 is 1.97 bits per heavy atom. The Kier molecular flexibility index (Phi) is 5.11. The summed E-state index contributed by atoms with van der Waals surface area (Å²) in [7, 11) is 1.88. The molecular weight excluding hydrogens is 434 g/mol. The van der Waals surface area contributed by atoms with Crippen molar-refractivity contribution in [2.75, 3.05) is 26.3 Å². The van der Waals surface area contributed by atoms with E-state index in [0.29, 0.717) is 38.6 Å². The number of nitrogens with zero attached hydrogens (tertiary/aromatic N) is 5. The molecule has 34 heavy (non-hydrogen) atoms. The van der Waals surface area contributed by atoms with Gasteiger partial charge >= 0.3 is 0 Å². The number of aliphatic hydroxyl groups is 1. The van der Waals surface area contributed by atoms with E-state index in [4.69, 9.17) is 14.6 Å². The van der Waals surface area contributed by atoms with Crippen LogP contribution in [0.2, 0.25) is 0 Å². The molecule has 0 saturated carbocycles. The van der Waals surface area contributed by atoms with Gasteiger partial charge in [0.05, 0.1) is 59.6 Å². The fourth-order valence-corrected chi connectivity index (χ4v) is 4.68. The van der Waals surface area contributed by atoms with Gasteiger partial charge in [0.2, 0.25) is 11.8 Å². The zero-order valence-electron chi connectivity index (χ0n) is 19.2. The van der Waals surface area contributed by atoms with Crippen molar-refractivity contribution in [1.82, 2.24) is 35.1 Å². The molecule has 1 aromatic carbocycles. The number of rotatable bonds is 1. The molecule has 176 valence electrons. The molecule has 2 aliphatic heterocycles. The first-order valence-electron chi connectivity index (χ1n) is 11.5. The molecule has 0 spiro atoms. The highest BCUT2D eigenvalue weighted by molar-refractivity contribution is 5.93. The minimum Gasteiger partial charge on any atom is -0.477 e. The van der Waals surface area contributed by atoms with Gasteiger partial charge in [0.25, 0.3) is 0 Å². The Bertz CT molecular complexity index is 1380. The van der Waals surface area contributed by atoms with E-state index in [-0.39, 0.29) is 6.04 Å². The summed E-state index contributed by atoms with van der Waals surface area (Å²) in [5.41, 5.74) is 5.45. The Balaban J connectivity index is 1.47. The molecule has 10 nitrogen and oxygen atoms in total. The van der Waals surface area contributed by atoms with Crippen LogP contribution in [-0.4, -0.2) is 67.3 Å². The topological polar surface area (TPSA) is 115 Å². The summed E-state index contributed by atoms with van der Waals surface area (Å²) in [4.78, 5) is 0. The average molecular weight is 462 g/mol. The number of ether oxygens (including phenoxy) is 2. The van der Waals surface area contributed by atoms with Crippen molar-refractivity contribution in [2.24, 2.45) is 7.05 Å². The summed E-state index contributed by atoms with van der Waals surface area (Å²) >= 11 is 0. The van der Waals surface area contributed by atoms with Crippen LogP contribution in [0.3, 0.4) is 0 Å². The molecule has 2 atom stereocenters. The van der Waals surface area contributed by atoms with E-state index in [0.717, 1.165) is 44.9 Å². The number of hydrogen-bond acceptors (Lipinski definition) is 7. The summed E-state index contributed by atoms with van der Waals surface area (Å²) in [5, 5.41) is 31.4. The zero-order valence-corrected chi connectivity index (χ0v) is 19.2. The number of H-pyrrole nitrogens is 1. The van der Waals surface area contributed by atoms with Gasteiger partial charge in [-0.1, -0.05) is 6.07 Å². The highest BCUT2D eigenvalue weighted by Gasteiger charge is 2.31. The highest BCUT2D eigenvalue weighted by atomic mass is 16.5. The molecule has 0 radical (unpaired) electrons. The van der Waals surface area contributed by atoms with Gasteiger partial charge in [-0.05, 0) is 36.8 Å². The maximum absolute atomic E-state index is 10.5. The number of fused-ring (bicyclic) bond motifs is 4. The molecule has 10 heteroatoms. The number of aliphatic hydroxyl groups excluding tert-OH is 1. The van der Waals surface area contributed by atoms with Crippen molar-refractivity contribution in [3.63, 3.8) is 0 Å². The van der Waals surface area contributed by atoms with E-state index >= 15 is 0 Å². The second-order valence-electron chi connectivity index (χ2n) is 8.78. The van der Waals surface area contributed by atoms with E-state index < -0.39 is 6.10 Å². The monoisotopic (exact) mass is 461 g/mol. The standard InChI is InChI=1S/C24H27N7O3/c1-14-16-5-7-20-17-10-15(4-6-19(17)27-28-20)18-11-26-30(2)23(18)33-8-3-9-34-24(16)31(29-14)21-12-25-13-22(21)32/h4-7,10-11,21-22,25,32H,3,8-9,12-13H2,1-2H3,(H,27,28)/b7-5+/t21-,22-/m0/s1. The fourth-order valence-electron chi connectivity index (χ4n) is 4.68. The Morgan fingerprint density at radius 1 is 1.12 bits per heavy atom. The third-order valence-electron chi connectivity index (χ3n) is 6.51. The van der Waals surface area contributed by atoms with Crippen LogP contribution >= 0.6 is 0 Å². The molecule has 0 unspecified atom stereocenters. The summed E-state index contributed by atoms with van der Waals surface area (Å²) < 4.78 is 16.0. The molecule has 6 rings (SSSR count). The van der Waals surface area contributed by atoms with Crippen molar-refractivity contribution in [1.29, 1.82) is 0 Å². The molecular formula is C24H27N7O3. The van der Waals surface area contributed by atoms with Crippen LogP contribution < -0.4 is 14.8 Å². The molecule has 0 amide bonds. The lowest BCUT2D eigenvalue weighted by Gasteiger charge is -2.18. The number of β-amino-alcohol motifs (C(OH)–C–C–N with tert-alkyl or cyclic N) is 1. The Labute approximate surface area is 196 Å². The fraction of sp³-hybridized carbons (Fsp3) is 0.375. The zero-order chi connectivity index (χ0) is 23.2. The summed E-state index contributed by atoms with van der Waals surface area (Å²) in [6.45, 7) is 4.08. The van der Waals surface area contributed by atoms with Crippen LogP contribution in [-0.2, 0) is 7.05 Å². The average Bonchev–Trinajstić information content (AvgIpc) is 3.59.